The minimum Gasteiger partial charge on any atom is -0.496 e. The molecule has 20 heavy (non-hydrogen) atoms. The van der Waals surface area contributed by atoms with E-state index >= 15 is 0 Å². The molecule has 106 valence electrons. The number of hydrogen-bond donors (Lipinski definition) is 1. The van der Waals surface area contributed by atoms with E-state index in [0.29, 0.717) is 0 Å². The van der Waals surface area contributed by atoms with Crippen LogP contribution in [0.1, 0.15) is 18.5 Å². The van der Waals surface area contributed by atoms with Crippen molar-refractivity contribution in [1.29, 1.82) is 0 Å². The average Bonchev–Trinajstić information content (AvgIpc) is 2.47. The lowest BCUT2D eigenvalue weighted by Crippen LogP contribution is -2.12. The molecule has 2 rings (SSSR count). The first kappa shape index (κ1) is 14.2. The number of anilines is 2. The maximum atomic E-state index is 5.40. The minimum atomic E-state index is 0.121. The number of nitrogens with one attached hydrogen (secondary N) is 1. The smallest absolute Gasteiger partial charge is 0.128 e. The lowest BCUT2D eigenvalue weighted by atomic mass is 10.1. The largest absolute Gasteiger partial charge is 0.496 e. The van der Waals surface area contributed by atoms with Gasteiger partial charge < -0.3 is 15.0 Å². The summed E-state index contributed by atoms with van der Waals surface area (Å²) in [5.74, 6) is 1.74. The molecule has 0 amide bonds. The average molecular weight is 271 g/mol. The molecule has 1 N–H and O–H groups in total. The second kappa shape index (κ2) is 6.28. The molecule has 1 aromatic carbocycles. The van der Waals surface area contributed by atoms with Crippen molar-refractivity contribution >= 4 is 11.5 Å². The first-order valence-corrected chi connectivity index (χ1v) is 6.64. The van der Waals surface area contributed by atoms with Crippen LogP contribution in [0.3, 0.4) is 0 Å². The maximum Gasteiger partial charge on any atom is 0.128 e. The third kappa shape index (κ3) is 3.20. The molecule has 2 aromatic rings. The van der Waals surface area contributed by atoms with E-state index in [-0.39, 0.29) is 6.04 Å². The van der Waals surface area contributed by atoms with Crippen molar-refractivity contribution in [3.63, 3.8) is 0 Å². The Morgan fingerprint density at radius 2 is 1.95 bits per heavy atom. The number of ether oxygens (including phenoxy) is 1. The van der Waals surface area contributed by atoms with Crippen molar-refractivity contribution in [3.8, 4) is 5.75 Å². The number of benzene rings is 1. The van der Waals surface area contributed by atoms with Gasteiger partial charge in [0.2, 0.25) is 0 Å². The summed E-state index contributed by atoms with van der Waals surface area (Å²) >= 11 is 0. The predicted octanol–water partition coefficient (Wildman–Crippen LogP) is 3.33. The lowest BCUT2D eigenvalue weighted by Gasteiger charge is -2.19. The van der Waals surface area contributed by atoms with Gasteiger partial charge in [-0.15, -0.1) is 0 Å². The molecular weight excluding hydrogens is 250 g/mol. The summed E-state index contributed by atoms with van der Waals surface area (Å²) in [5.41, 5.74) is 2.24. The highest BCUT2D eigenvalue weighted by molar-refractivity contribution is 5.54. The summed E-state index contributed by atoms with van der Waals surface area (Å²) in [6.45, 7) is 2.10. The SMILES string of the molecule is COc1ccccc1[C@@H](C)Nc1cc(N(C)C)ccn1. The zero-order chi connectivity index (χ0) is 14.5. The molecule has 0 unspecified atom stereocenters. The molecule has 4 heteroatoms. The Balaban J connectivity index is 2.19. The van der Waals surface area contributed by atoms with Gasteiger partial charge in [0.1, 0.15) is 11.6 Å². The Kier molecular flexibility index (Phi) is 4.45. The van der Waals surface area contributed by atoms with Gasteiger partial charge in [-0.25, -0.2) is 4.98 Å². The third-order valence-electron chi connectivity index (χ3n) is 3.23. The Bertz CT molecular complexity index is 569. The van der Waals surface area contributed by atoms with Gasteiger partial charge in [-0.05, 0) is 19.1 Å². The molecular formula is C16H21N3O. The molecule has 0 saturated carbocycles. The molecule has 0 saturated heterocycles. The van der Waals surface area contributed by atoms with Gasteiger partial charge in [-0.2, -0.15) is 0 Å². The zero-order valence-electron chi connectivity index (χ0n) is 12.4. The van der Waals surface area contributed by atoms with Crippen molar-refractivity contribution in [2.24, 2.45) is 0 Å². The topological polar surface area (TPSA) is 37.4 Å². The minimum absolute atomic E-state index is 0.121. The highest BCUT2D eigenvalue weighted by Crippen LogP contribution is 2.27. The van der Waals surface area contributed by atoms with Crippen LogP contribution in [0.2, 0.25) is 0 Å². The van der Waals surface area contributed by atoms with Crippen molar-refractivity contribution in [2.45, 2.75) is 13.0 Å². The fourth-order valence-electron chi connectivity index (χ4n) is 2.10. The summed E-state index contributed by atoms with van der Waals surface area (Å²) in [6.07, 6.45) is 1.81. The number of rotatable bonds is 5. The normalized spacial score (nSPS) is 11.8. The summed E-state index contributed by atoms with van der Waals surface area (Å²) in [5, 5.41) is 3.41. The van der Waals surface area contributed by atoms with Gasteiger partial charge in [0.25, 0.3) is 0 Å². The number of hydrogen-bond acceptors (Lipinski definition) is 4. The zero-order valence-corrected chi connectivity index (χ0v) is 12.4. The fraction of sp³-hybridized carbons (Fsp3) is 0.312. The van der Waals surface area contributed by atoms with Gasteiger partial charge in [-0.3, -0.25) is 0 Å². The monoisotopic (exact) mass is 271 g/mol. The van der Waals surface area contributed by atoms with Crippen LogP contribution < -0.4 is 15.0 Å². The summed E-state index contributed by atoms with van der Waals surface area (Å²) in [7, 11) is 5.72. The van der Waals surface area contributed by atoms with E-state index in [1.807, 2.05) is 50.6 Å². The van der Waals surface area contributed by atoms with E-state index in [2.05, 4.69) is 28.2 Å². The molecule has 0 aliphatic rings. The standard InChI is InChI=1S/C16H21N3O/c1-12(14-7-5-6-8-15(14)20-4)18-16-11-13(19(2)3)9-10-17-16/h5-12H,1-4H3,(H,17,18)/t12-/m1/s1. The van der Waals surface area contributed by atoms with Crippen LogP contribution in [0.4, 0.5) is 11.5 Å². The number of nitrogens with zero attached hydrogens (tertiary/aromatic N) is 2. The fourth-order valence-corrected chi connectivity index (χ4v) is 2.10. The van der Waals surface area contributed by atoms with Crippen LogP contribution in [0.25, 0.3) is 0 Å². The highest BCUT2D eigenvalue weighted by Gasteiger charge is 2.11. The van der Waals surface area contributed by atoms with Gasteiger partial charge in [-0.1, -0.05) is 18.2 Å². The molecule has 4 nitrogen and oxygen atoms in total. The second-order valence-corrected chi connectivity index (χ2v) is 4.90. The second-order valence-electron chi connectivity index (χ2n) is 4.90. The first-order valence-electron chi connectivity index (χ1n) is 6.64. The van der Waals surface area contributed by atoms with Crippen LogP contribution in [0, 0.1) is 0 Å². The van der Waals surface area contributed by atoms with Crippen LogP contribution in [-0.4, -0.2) is 26.2 Å². The van der Waals surface area contributed by atoms with E-state index in [9.17, 15) is 0 Å². The number of para-hydroxylation sites is 1. The molecule has 0 bridgehead atoms. The van der Waals surface area contributed by atoms with E-state index in [0.717, 1.165) is 22.8 Å². The van der Waals surface area contributed by atoms with E-state index in [1.54, 1.807) is 7.11 Å². The summed E-state index contributed by atoms with van der Waals surface area (Å²) < 4.78 is 5.40. The molecule has 1 heterocycles. The van der Waals surface area contributed by atoms with Crippen molar-refractivity contribution in [1.82, 2.24) is 4.98 Å². The van der Waals surface area contributed by atoms with Crippen molar-refractivity contribution in [2.75, 3.05) is 31.4 Å². The molecule has 1 aromatic heterocycles. The number of pyridine rings is 1. The molecule has 0 spiro atoms. The van der Waals surface area contributed by atoms with Crippen molar-refractivity contribution in [3.05, 3.63) is 48.2 Å². The summed E-state index contributed by atoms with van der Waals surface area (Å²) in [6, 6.07) is 12.2. The molecule has 0 aliphatic heterocycles. The number of methoxy groups -OCH3 is 1. The van der Waals surface area contributed by atoms with Crippen LogP contribution in [-0.2, 0) is 0 Å². The van der Waals surface area contributed by atoms with Gasteiger partial charge in [0.05, 0.1) is 13.2 Å². The van der Waals surface area contributed by atoms with Crippen LogP contribution in [0.15, 0.2) is 42.6 Å². The van der Waals surface area contributed by atoms with Crippen LogP contribution in [0.5, 0.6) is 5.75 Å². The lowest BCUT2D eigenvalue weighted by molar-refractivity contribution is 0.408. The van der Waals surface area contributed by atoms with Gasteiger partial charge in [0, 0.05) is 37.6 Å². The summed E-state index contributed by atoms with van der Waals surface area (Å²) in [4.78, 5) is 6.42. The quantitative estimate of drug-likeness (QED) is 0.905. The highest BCUT2D eigenvalue weighted by atomic mass is 16.5. The maximum absolute atomic E-state index is 5.40. The van der Waals surface area contributed by atoms with Crippen molar-refractivity contribution < 1.29 is 4.74 Å². The van der Waals surface area contributed by atoms with Gasteiger partial charge in [0.15, 0.2) is 0 Å². The van der Waals surface area contributed by atoms with E-state index in [4.69, 9.17) is 4.74 Å². The molecule has 0 aliphatic carbocycles. The Labute approximate surface area is 120 Å². The molecule has 0 radical (unpaired) electrons. The predicted molar refractivity (Wildman–Crippen MR) is 83.6 cm³/mol. The third-order valence-corrected chi connectivity index (χ3v) is 3.23. The first-order chi connectivity index (χ1) is 9.61. The van der Waals surface area contributed by atoms with E-state index in [1.165, 1.54) is 0 Å². The Hall–Kier alpha value is -2.23. The Morgan fingerprint density at radius 3 is 2.65 bits per heavy atom. The van der Waals surface area contributed by atoms with Crippen LogP contribution >= 0.6 is 0 Å². The number of aromatic nitrogens is 1. The molecule has 0 fully saturated rings. The molecule has 1 atom stereocenters. The van der Waals surface area contributed by atoms with E-state index < -0.39 is 0 Å². The Morgan fingerprint density at radius 1 is 1.20 bits per heavy atom. The van der Waals surface area contributed by atoms with Gasteiger partial charge >= 0.3 is 0 Å².